The lowest BCUT2D eigenvalue weighted by atomic mass is 10.3. The van der Waals surface area contributed by atoms with Crippen LogP contribution in [-0.2, 0) is 5.75 Å². The van der Waals surface area contributed by atoms with Gasteiger partial charge in [-0.05, 0) is 42.3 Å². The molecule has 0 spiro atoms. The van der Waals surface area contributed by atoms with Crippen molar-refractivity contribution < 1.29 is 0 Å². The first kappa shape index (κ1) is 13.6. The first-order chi connectivity index (χ1) is 9.78. The molecule has 3 rings (SSSR count). The van der Waals surface area contributed by atoms with Crippen LogP contribution < -0.4 is 5.32 Å². The highest BCUT2D eigenvalue weighted by atomic mass is 35.5. The first-order valence-electron chi connectivity index (χ1n) is 6.58. The molecule has 1 fully saturated rings. The second kappa shape index (κ2) is 5.97. The highest BCUT2D eigenvalue weighted by Crippen LogP contribution is 2.37. The number of tetrazole rings is 1. The normalized spacial score (nSPS) is 14.5. The number of nitrogens with zero attached hydrogens (tertiary/aromatic N) is 5. The summed E-state index contributed by atoms with van der Waals surface area (Å²) in [7, 11) is 0. The molecule has 0 radical (unpaired) electrons. The molecule has 106 valence electrons. The highest BCUT2D eigenvalue weighted by Gasteiger charge is 2.27. The summed E-state index contributed by atoms with van der Waals surface area (Å²) >= 11 is 7.76. The Morgan fingerprint density at radius 1 is 1.45 bits per heavy atom. The number of aromatic nitrogens is 5. The minimum absolute atomic E-state index is 0.476. The fourth-order valence-electron chi connectivity index (χ4n) is 1.83. The molecule has 0 amide bonds. The molecule has 1 N–H and O–H groups in total. The van der Waals surface area contributed by atoms with E-state index in [0.717, 1.165) is 36.1 Å². The Balaban J connectivity index is 1.70. The van der Waals surface area contributed by atoms with Gasteiger partial charge in [0.05, 0.1) is 16.8 Å². The Hall–Kier alpha value is -1.34. The van der Waals surface area contributed by atoms with Crippen LogP contribution in [-0.4, -0.2) is 31.7 Å². The van der Waals surface area contributed by atoms with Gasteiger partial charge in [0.2, 0.25) is 5.16 Å². The summed E-state index contributed by atoms with van der Waals surface area (Å²) in [5, 5.41) is 16.5. The Labute approximate surface area is 126 Å². The number of rotatable bonds is 6. The zero-order chi connectivity index (χ0) is 13.9. The zero-order valence-electron chi connectivity index (χ0n) is 11.1. The van der Waals surface area contributed by atoms with E-state index in [1.165, 1.54) is 0 Å². The van der Waals surface area contributed by atoms with E-state index in [4.69, 9.17) is 11.6 Å². The average Bonchev–Trinajstić information content (AvgIpc) is 3.19. The molecule has 1 saturated carbocycles. The van der Waals surface area contributed by atoms with Crippen molar-refractivity contribution in [1.82, 2.24) is 25.2 Å². The molecule has 0 bridgehead atoms. The lowest BCUT2D eigenvalue weighted by Gasteiger charge is -2.07. The molecule has 6 nitrogen and oxygen atoms in total. The van der Waals surface area contributed by atoms with Gasteiger partial charge >= 0.3 is 0 Å². The molecular weight excluding hydrogens is 296 g/mol. The van der Waals surface area contributed by atoms with Gasteiger partial charge in [0, 0.05) is 12.3 Å². The van der Waals surface area contributed by atoms with Crippen LogP contribution >= 0.6 is 23.4 Å². The number of hydrogen-bond acceptors (Lipinski definition) is 6. The van der Waals surface area contributed by atoms with Crippen LogP contribution in [0.4, 0.5) is 5.82 Å². The third-order valence-corrected chi connectivity index (χ3v) is 4.26. The molecule has 0 aliphatic heterocycles. The molecule has 0 saturated heterocycles. The fraction of sp³-hybridized carbons (Fsp3) is 0.500. The van der Waals surface area contributed by atoms with Crippen molar-refractivity contribution in [3.63, 3.8) is 0 Å². The minimum atomic E-state index is 0.476. The quantitative estimate of drug-likeness (QED) is 0.827. The van der Waals surface area contributed by atoms with Gasteiger partial charge in [-0.1, -0.05) is 23.4 Å². The van der Waals surface area contributed by atoms with Gasteiger partial charge in [-0.25, -0.2) is 9.67 Å². The third kappa shape index (κ3) is 3.04. The fourth-order valence-corrected chi connectivity index (χ4v) is 2.98. The van der Waals surface area contributed by atoms with Crippen molar-refractivity contribution in [3.05, 3.63) is 22.8 Å². The van der Waals surface area contributed by atoms with E-state index in [-0.39, 0.29) is 0 Å². The lowest BCUT2D eigenvalue weighted by molar-refractivity contribution is 0.565. The summed E-state index contributed by atoms with van der Waals surface area (Å²) in [6.45, 7) is 2.87. The maximum atomic E-state index is 6.19. The molecule has 20 heavy (non-hydrogen) atoms. The number of nitrogens with one attached hydrogen (secondary N) is 1. The van der Waals surface area contributed by atoms with Crippen LogP contribution in [0.5, 0.6) is 0 Å². The number of pyridine rings is 1. The van der Waals surface area contributed by atoms with Gasteiger partial charge in [-0.15, -0.1) is 5.10 Å². The van der Waals surface area contributed by atoms with Crippen molar-refractivity contribution in [2.24, 2.45) is 0 Å². The molecule has 0 atom stereocenters. The van der Waals surface area contributed by atoms with Crippen LogP contribution in [0.1, 0.15) is 31.5 Å². The van der Waals surface area contributed by atoms with E-state index in [9.17, 15) is 0 Å². The summed E-state index contributed by atoms with van der Waals surface area (Å²) < 4.78 is 1.90. The van der Waals surface area contributed by atoms with Crippen molar-refractivity contribution >= 4 is 29.2 Å². The maximum absolute atomic E-state index is 6.19. The van der Waals surface area contributed by atoms with Gasteiger partial charge in [0.25, 0.3) is 0 Å². The largest absolute Gasteiger partial charge is 0.370 e. The summed E-state index contributed by atoms with van der Waals surface area (Å²) in [6.07, 6.45) is 2.32. The molecule has 0 aromatic carbocycles. The number of hydrogen-bond donors (Lipinski definition) is 1. The smallest absolute Gasteiger partial charge is 0.209 e. The van der Waals surface area contributed by atoms with Gasteiger partial charge in [0.1, 0.15) is 5.82 Å². The Morgan fingerprint density at radius 3 is 3.05 bits per heavy atom. The number of thioether (sulfide) groups is 1. The molecule has 8 heteroatoms. The monoisotopic (exact) mass is 310 g/mol. The summed E-state index contributed by atoms with van der Waals surface area (Å²) in [5.74, 6) is 1.50. The molecule has 1 aliphatic carbocycles. The van der Waals surface area contributed by atoms with Crippen LogP contribution in [0, 0.1) is 0 Å². The average molecular weight is 311 g/mol. The van der Waals surface area contributed by atoms with Gasteiger partial charge < -0.3 is 5.32 Å². The van der Waals surface area contributed by atoms with Gasteiger partial charge in [-0.2, -0.15) is 0 Å². The molecule has 2 heterocycles. The van der Waals surface area contributed by atoms with Gasteiger partial charge in [0.15, 0.2) is 0 Å². The van der Waals surface area contributed by atoms with Gasteiger partial charge in [-0.3, -0.25) is 0 Å². The maximum Gasteiger partial charge on any atom is 0.209 e. The first-order valence-corrected chi connectivity index (χ1v) is 7.94. The Kier molecular flexibility index (Phi) is 4.07. The third-order valence-electron chi connectivity index (χ3n) is 2.97. The predicted molar refractivity (Wildman–Crippen MR) is 79.1 cm³/mol. The van der Waals surface area contributed by atoms with Crippen molar-refractivity contribution in [1.29, 1.82) is 0 Å². The van der Waals surface area contributed by atoms with Crippen molar-refractivity contribution in [2.75, 3.05) is 11.9 Å². The topological polar surface area (TPSA) is 68.5 Å². The van der Waals surface area contributed by atoms with E-state index >= 15 is 0 Å². The van der Waals surface area contributed by atoms with Crippen LogP contribution in [0.3, 0.4) is 0 Å². The Morgan fingerprint density at radius 2 is 2.30 bits per heavy atom. The van der Waals surface area contributed by atoms with E-state index < -0.39 is 0 Å². The predicted octanol–water partition coefficient (Wildman–Crippen LogP) is 2.78. The molecule has 2 aromatic heterocycles. The van der Waals surface area contributed by atoms with Crippen LogP contribution in [0.15, 0.2) is 17.3 Å². The second-order valence-corrected chi connectivity index (χ2v) is 5.93. The molecule has 0 unspecified atom stereocenters. The van der Waals surface area contributed by atoms with Crippen LogP contribution in [0.2, 0.25) is 5.02 Å². The van der Waals surface area contributed by atoms with E-state index in [1.807, 2.05) is 23.7 Å². The zero-order valence-corrected chi connectivity index (χ0v) is 12.7. The lowest BCUT2D eigenvalue weighted by Crippen LogP contribution is -2.02. The van der Waals surface area contributed by atoms with E-state index in [2.05, 4.69) is 25.8 Å². The molecule has 2 aromatic rings. The molecular formula is C12H15ClN6S. The summed E-state index contributed by atoms with van der Waals surface area (Å²) in [6, 6.07) is 4.23. The van der Waals surface area contributed by atoms with Crippen molar-refractivity contribution in [2.45, 2.75) is 36.7 Å². The SMILES string of the molecule is CCNc1ccc(Cl)c(CSc2nnnn2C2CC2)n1. The minimum Gasteiger partial charge on any atom is -0.370 e. The number of halogens is 1. The Bertz CT molecular complexity index is 597. The highest BCUT2D eigenvalue weighted by molar-refractivity contribution is 7.98. The molecule has 1 aliphatic rings. The van der Waals surface area contributed by atoms with E-state index in [1.54, 1.807) is 11.8 Å². The standard InChI is InChI=1S/C12H15ClN6S/c1-2-14-11-6-5-9(13)10(15-11)7-20-12-16-17-18-19(12)8-3-4-8/h5-6,8H,2-4,7H2,1H3,(H,14,15). The number of anilines is 1. The second-order valence-electron chi connectivity index (χ2n) is 4.58. The van der Waals surface area contributed by atoms with E-state index in [0.29, 0.717) is 16.8 Å². The summed E-state index contributed by atoms with van der Waals surface area (Å²) in [4.78, 5) is 4.51. The van der Waals surface area contributed by atoms with Crippen molar-refractivity contribution in [3.8, 4) is 0 Å². The summed E-state index contributed by atoms with van der Waals surface area (Å²) in [5.41, 5.74) is 0.848. The van der Waals surface area contributed by atoms with Crippen LogP contribution in [0.25, 0.3) is 0 Å².